The van der Waals surface area contributed by atoms with E-state index in [2.05, 4.69) is 16.0 Å². The Morgan fingerprint density at radius 3 is 2.56 bits per heavy atom. The number of carbonyl (C=O) groups is 4. The monoisotopic (exact) mass is 631 g/mol. The van der Waals surface area contributed by atoms with Crippen molar-refractivity contribution in [2.45, 2.75) is 30.6 Å². The lowest BCUT2D eigenvalue weighted by atomic mass is 9.95. The number of hydrogen-bond acceptors (Lipinski definition) is 8. The van der Waals surface area contributed by atoms with Crippen LogP contribution in [0.25, 0.3) is 6.08 Å². The maximum atomic E-state index is 13.3. The Morgan fingerprint density at radius 1 is 0.977 bits per heavy atom. The number of ether oxygens (including phenoxy) is 1. The molecular weight excluding hydrogens is 603 g/mol. The smallest absolute Gasteiger partial charge is 0.341 e. The molecule has 43 heavy (non-hydrogen) atoms. The number of hydrogen-bond donors (Lipinski definition) is 3. The molecular formula is C32H29N3O5S3. The summed E-state index contributed by atoms with van der Waals surface area (Å²) >= 11 is 4.24. The van der Waals surface area contributed by atoms with Crippen LogP contribution in [0.5, 0.6) is 0 Å². The molecule has 4 aromatic rings. The van der Waals surface area contributed by atoms with Gasteiger partial charge in [0.2, 0.25) is 5.91 Å². The zero-order chi connectivity index (χ0) is 30.2. The van der Waals surface area contributed by atoms with Crippen LogP contribution in [0.3, 0.4) is 0 Å². The van der Waals surface area contributed by atoms with Gasteiger partial charge in [0, 0.05) is 21.0 Å². The van der Waals surface area contributed by atoms with Crippen molar-refractivity contribution in [3.8, 4) is 0 Å². The van der Waals surface area contributed by atoms with E-state index in [1.807, 2.05) is 29.0 Å². The highest BCUT2D eigenvalue weighted by Crippen LogP contribution is 2.38. The highest BCUT2D eigenvalue weighted by Gasteiger charge is 2.27. The minimum atomic E-state index is -0.479. The molecule has 8 nitrogen and oxygen atoms in total. The summed E-state index contributed by atoms with van der Waals surface area (Å²) in [6.07, 6.45) is 5.40. The Kier molecular flexibility index (Phi) is 10.1. The molecule has 0 saturated carbocycles. The van der Waals surface area contributed by atoms with Gasteiger partial charge in [-0.1, -0.05) is 24.3 Å². The van der Waals surface area contributed by atoms with Crippen LogP contribution in [0.4, 0.5) is 10.7 Å². The van der Waals surface area contributed by atoms with Crippen LogP contribution in [0.2, 0.25) is 0 Å². The molecule has 0 unspecified atom stereocenters. The molecule has 2 heterocycles. The average molecular weight is 632 g/mol. The van der Waals surface area contributed by atoms with Gasteiger partial charge in [-0.3, -0.25) is 14.4 Å². The lowest BCUT2D eigenvalue weighted by Gasteiger charge is -2.12. The Labute approximate surface area is 261 Å². The fourth-order valence-electron chi connectivity index (χ4n) is 4.61. The molecule has 3 amide bonds. The average Bonchev–Trinajstić information content (AvgIpc) is 3.67. The van der Waals surface area contributed by atoms with Crippen molar-refractivity contribution in [1.29, 1.82) is 0 Å². The van der Waals surface area contributed by atoms with Crippen LogP contribution >= 0.6 is 34.4 Å². The van der Waals surface area contributed by atoms with E-state index in [0.29, 0.717) is 21.8 Å². The summed E-state index contributed by atoms with van der Waals surface area (Å²) in [6.45, 7) is 0. The molecule has 3 N–H and O–H groups in total. The molecule has 0 fully saturated rings. The molecule has 5 rings (SSSR count). The zero-order valence-electron chi connectivity index (χ0n) is 23.3. The quantitative estimate of drug-likeness (QED) is 0.103. The van der Waals surface area contributed by atoms with E-state index in [1.54, 1.807) is 48.5 Å². The summed E-state index contributed by atoms with van der Waals surface area (Å²) < 4.78 is 5.00. The highest BCUT2D eigenvalue weighted by atomic mass is 32.2. The molecule has 0 saturated heterocycles. The molecule has 0 aliphatic heterocycles. The number of amides is 3. The van der Waals surface area contributed by atoms with Crippen LogP contribution in [0.1, 0.15) is 49.6 Å². The number of fused-ring (bicyclic) bond motifs is 1. The van der Waals surface area contributed by atoms with Gasteiger partial charge in [-0.25, -0.2) is 4.79 Å². The second-order valence-electron chi connectivity index (χ2n) is 9.66. The number of rotatable bonds is 10. The Balaban J connectivity index is 1.24. The van der Waals surface area contributed by atoms with Crippen molar-refractivity contribution in [2.24, 2.45) is 0 Å². The number of thioether (sulfide) groups is 1. The summed E-state index contributed by atoms with van der Waals surface area (Å²) in [5.41, 5.74) is 3.30. The fourth-order valence-corrected chi connectivity index (χ4v) is 7.28. The minimum absolute atomic E-state index is 0.102. The molecule has 0 radical (unpaired) electrons. The van der Waals surface area contributed by atoms with Crippen LogP contribution in [-0.2, 0) is 27.2 Å². The Bertz CT molecular complexity index is 1660. The van der Waals surface area contributed by atoms with Crippen LogP contribution in [0.15, 0.2) is 82.0 Å². The zero-order valence-corrected chi connectivity index (χ0v) is 25.8. The normalized spacial score (nSPS) is 12.6. The van der Waals surface area contributed by atoms with E-state index in [9.17, 15) is 19.2 Å². The minimum Gasteiger partial charge on any atom is -0.465 e. The Hall–Kier alpha value is -4.19. The number of esters is 1. The van der Waals surface area contributed by atoms with Crippen molar-refractivity contribution in [3.05, 3.63) is 104 Å². The van der Waals surface area contributed by atoms with Gasteiger partial charge in [0.15, 0.2) is 0 Å². The summed E-state index contributed by atoms with van der Waals surface area (Å²) in [5.74, 6) is -1.44. The van der Waals surface area contributed by atoms with Crippen LogP contribution in [0, 0.1) is 0 Å². The third-order valence-corrected chi connectivity index (χ3v) is 9.56. The number of carbonyl (C=O) groups excluding carboxylic acids is 4. The molecule has 2 aromatic heterocycles. The van der Waals surface area contributed by atoms with Crippen LogP contribution in [-0.4, -0.2) is 36.6 Å². The second-order valence-corrected chi connectivity index (χ2v) is 12.6. The Morgan fingerprint density at radius 2 is 1.79 bits per heavy atom. The molecule has 220 valence electrons. The maximum Gasteiger partial charge on any atom is 0.341 e. The van der Waals surface area contributed by atoms with Gasteiger partial charge in [-0.2, -0.15) is 11.3 Å². The maximum absolute atomic E-state index is 13.3. The van der Waals surface area contributed by atoms with Gasteiger partial charge in [-0.05, 0) is 90.0 Å². The van der Waals surface area contributed by atoms with Gasteiger partial charge in [0.05, 0.1) is 18.4 Å². The van der Waals surface area contributed by atoms with Gasteiger partial charge < -0.3 is 20.7 Å². The molecule has 2 aromatic carbocycles. The van der Waals surface area contributed by atoms with E-state index < -0.39 is 17.8 Å². The number of nitrogens with one attached hydrogen (secondary N) is 3. The number of thiophene rings is 2. The fraction of sp³-hybridized carbons (Fsp3) is 0.188. The third-order valence-electron chi connectivity index (χ3n) is 6.66. The van der Waals surface area contributed by atoms with E-state index in [-0.39, 0.29) is 17.4 Å². The first kappa shape index (κ1) is 30.3. The van der Waals surface area contributed by atoms with Crippen molar-refractivity contribution >= 4 is 74.9 Å². The van der Waals surface area contributed by atoms with Gasteiger partial charge >= 0.3 is 5.97 Å². The van der Waals surface area contributed by atoms with E-state index in [4.69, 9.17) is 4.74 Å². The first-order chi connectivity index (χ1) is 20.9. The van der Waals surface area contributed by atoms with Gasteiger partial charge in [0.25, 0.3) is 11.8 Å². The number of anilines is 2. The standard InChI is InChI=1S/C32H29N3O5S3/c1-40-32(39)28-24-12-5-6-13-26(24)43-31(28)35-27(36)19-42-23-11-7-10-22(17-23)33-30(38)25(16-20-14-15-41-18-20)34-29(37)21-8-3-2-4-9-21/h2-4,7-11,14-18H,5-6,12-13,19H2,1H3,(H,33,38)(H,34,37)(H,35,36)/b25-16-. The summed E-state index contributed by atoms with van der Waals surface area (Å²) in [5, 5.41) is 12.8. The van der Waals surface area contributed by atoms with Crippen LogP contribution < -0.4 is 16.0 Å². The molecule has 1 aliphatic carbocycles. The molecule has 0 atom stereocenters. The number of methoxy groups -OCH3 is 1. The SMILES string of the molecule is COC(=O)c1c(NC(=O)CSc2cccc(NC(=O)/C(=C/c3ccsc3)NC(=O)c3ccccc3)c2)sc2c1CCCC2. The number of aryl methyl sites for hydroxylation is 1. The van der Waals surface area contributed by atoms with Crippen molar-refractivity contribution in [1.82, 2.24) is 5.32 Å². The van der Waals surface area contributed by atoms with Gasteiger partial charge in [-0.15, -0.1) is 23.1 Å². The summed E-state index contributed by atoms with van der Waals surface area (Å²) in [6, 6.07) is 17.7. The topological polar surface area (TPSA) is 114 Å². The second kappa shape index (κ2) is 14.3. The molecule has 1 aliphatic rings. The first-order valence-corrected chi connectivity index (χ1v) is 16.3. The van der Waals surface area contributed by atoms with Crippen molar-refractivity contribution in [3.63, 3.8) is 0 Å². The summed E-state index contributed by atoms with van der Waals surface area (Å²) in [7, 11) is 1.35. The van der Waals surface area contributed by atoms with Crippen molar-refractivity contribution in [2.75, 3.05) is 23.5 Å². The highest BCUT2D eigenvalue weighted by molar-refractivity contribution is 8.00. The molecule has 0 bridgehead atoms. The van der Waals surface area contributed by atoms with Crippen molar-refractivity contribution < 1.29 is 23.9 Å². The van der Waals surface area contributed by atoms with E-state index in [1.165, 1.54) is 41.5 Å². The number of benzene rings is 2. The van der Waals surface area contributed by atoms with E-state index in [0.717, 1.165) is 46.6 Å². The largest absolute Gasteiger partial charge is 0.465 e. The first-order valence-electron chi connectivity index (χ1n) is 13.6. The molecule has 0 spiro atoms. The molecule has 11 heteroatoms. The predicted molar refractivity (Wildman–Crippen MR) is 173 cm³/mol. The lowest BCUT2D eigenvalue weighted by Crippen LogP contribution is -2.30. The predicted octanol–water partition coefficient (Wildman–Crippen LogP) is 6.62. The van der Waals surface area contributed by atoms with Gasteiger partial charge in [0.1, 0.15) is 10.7 Å². The lowest BCUT2D eigenvalue weighted by molar-refractivity contribution is -0.114. The third kappa shape index (κ3) is 7.81. The van der Waals surface area contributed by atoms with E-state index >= 15 is 0 Å². The summed E-state index contributed by atoms with van der Waals surface area (Å²) in [4.78, 5) is 53.4.